The molecule has 0 saturated heterocycles. The lowest BCUT2D eigenvalue weighted by atomic mass is 9.80. The molecule has 0 unspecified atom stereocenters. The first-order valence-corrected chi connectivity index (χ1v) is 12.7. The average molecular weight is 507 g/mol. The lowest BCUT2D eigenvalue weighted by Gasteiger charge is -2.29. The van der Waals surface area contributed by atoms with Crippen LogP contribution in [0, 0.1) is 0 Å². The van der Waals surface area contributed by atoms with E-state index < -0.39 is 11.8 Å². The largest absolute Gasteiger partial charge is 0.504 e. The van der Waals surface area contributed by atoms with Gasteiger partial charge in [0.25, 0.3) is 5.91 Å². The highest BCUT2D eigenvalue weighted by Gasteiger charge is 2.29. The fourth-order valence-corrected chi connectivity index (χ4v) is 4.83. The van der Waals surface area contributed by atoms with E-state index in [1.54, 1.807) is 12.1 Å². The number of carbonyl (C=O) groups is 2. The van der Waals surface area contributed by atoms with Gasteiger partial charge in [-0.1, -0.05) is 84.0 Å². The van der Waals surface area contributed by atoms with Gasteiger partial charge >= 0.3 is 0 Å². The summed E-state index contributed by atoms with van der Waals surface area (Å²) in [6.45, 7) is 11.9. The van der Waals surface area contributed by atoms with E-state index in [2.05, 4.69) is 10.9 Å². The van der Waals surface area contributed by atoms with Crippen LogP contribution in [-0.4, -0.2) is 27.8 Å². The highest BCUT2D eigenvalue weighted by molar-refractivity contribution is 8.00. The Hall–Kier alpha value is -3.45. The monoisotopic (exact) mass is 506 g/mol. The summed E-state index contributed by atoms with van der Waals surface area (Å²) in [4.78, 5) is 25.4. The van der Waals surface area contributed by atoms with Gasteiger partial charge in [0.15, 0.2) is 11.5 Å². The number of carbonyl (C=O) groups excluding carboxylic acids is 2. The zero-order valence-corrected chi connectivity index (χ0v) is 22.4. The van der Waals surface area contributed by atoms with Crippen LogP contribution >= 0.6 is 11.8 Å². The van der Waals surface area contributed by atoms with E-state index in [4.69, 9.17) is 0 Å². The summed E-state index contributed by atoms with van der Waals surface area (Å²) in [5.41, 5.74) is 8.09. The number of thioether (sulfide) groups is 1. The summed E-state index contributed by atoms with van der Waals surface area (Å²) in [5.74, 6) is -1.33. The molecule has 0 saturated carbocycles. The van der Waals surface area contributed by atoms with Crippen molar-refractivity contribution in [2.24, 2.45) is 0 Å². The van der Waals surface area contributed by atoms with Crippen molar-refractivity contribution in [1.82, 2.24) is 10.9 Å². The van der Waals surface area contributed by atoms with Crippen LogP contribution in [0.25, 0.3) is 11.1 Å². The van der Waals surface area contributed by atoms with Crippen LogP contribution in [0.2, 0.25) is 0 Å². The molecule has 0 fully saturated rings. The van der Waals surface area contributed by atoms with Gasteiger partial charge in [-0.25, -0.2) is 0 Å². The summed E-state index contributed by atoms with van der Waals surface area (Å²) < 4.78 is 0. The highest BCUT2D eigenvalue weighted by Crippen LogP contribution is 2.48. The number of phenols is 2. The van der Waals surface area contributed by atoms with Crippen molar-refractivity contribution in [2.75, 3.05) is 5.75 Å². The number of rotatable bonds is 5. The molecule has 3 aromatic carbocycles. The maximum atomic E-state index is 12.5. The summed E-state index contributed by atoms with van der Waals surface area (Å²) in [6.07, 6.45) is 0. The van der Waals surface area contributed by atoms with Gasteiger partial charge in [0.2, 0.25) is 5.91 Å². The number of hydrazine groups is 1. The van der Waals surface area contributed by atoms with Gasteiger partial charge in [-0.05, 0) is 45.7 Å². The molecule has 3 aromatic rings. The van der Waals surface area contributed by atoms with Gasteiger partial charge in [-0.3, -0.25) is 20.4 Å². The average Bonchev–Trinajstić information content (AvgIpc) is 2.82. The Bertz CT molecular complexity index is 1240. The quantitative estimate of drug-likeness (QED) is 0.196. The number of benzene rings is 3. The Kier molecular flexibility index (Phi) is 8.04. The number of nitrogens with one attached hydrogen (secondary N) is 2. The second-order valence-corrected chi connectivity index (χ2v) is 11.7. The first-order valence-electron chi connectivity index (χ1n) is 11.8. The smallest absolute Gasteiger partial charge is 0.269 e. The number of aromatic hydroxyl groups is 2. The molecule has 0 atom stereocenters. The fourth-order valence-electron chi connectivity index (χ4n) is 3.73. The Morgan fingerprint density at radius 3 is 1.86 bits per heavy atom. The van der Waals surface area contributed by atoms with Crippen LogP contribution in [-0.2, 0) is 15.6 Å². The minimum Gasteiger partial charge on any atom is -0.504 e. The Balaban J connectivity index is 1.66. The molecule has 6 nitrogen and oxygen atoms in total. The van der Waals surface area contributed by atoms with E-state index in [1.807, 2.05) is 90.1 Å². The molecule has 7 heteroatoms. The first-order chi connectivity index (χ1) is 16.8. The first kappa shape index (κ1) is 27.1. The van der Waals surface area contributed by atoms with E-state index in [9.17, 15) is 19.8 Å². The van der Waals surface area contributed by atoms with Gasteiger partial charge < -0.3 is 10.2 Å². The summed E-state index contributed by atoms with van der Waals surface area (Å²) in [5, 5.41) is 21.4. The van der Waals surface area contributed by atoms with Gasteiger partial charge in [0, 0.05) is 11.1 Å². The van der Waals surface area contributed by atoms with Crippen molar-refractivity contribution < 1.29 is 19.8 Å². The summed E-state index contributed by atoms with van der Waals surface area (Å²) >= 11 is 1.12. The summed E-state index contributed by atoms with van der Waals surface area (Å²) in [6, 6.07) is 18.8. The van der Waals surface area contributed by atoms with Crippen molar-refractivity contribution in [3.63, 3.8) is 0 Å². The number of hydrogen-bond donors (Lipinski definition) is 4. The lowest BCUT2D eigenvalue weighted by molar-refractivity contribution is -0.119. The highest BCUT2D eigenvalue weighted by atomic mass is 32.2. The van der Waals surface area contributed by atoms with Gasteiger partial charge in [0.1, 0.15) is 0 Å². The van der Waals surface area contributed by atoms with E-state index in [0.29, 0.717) is 16.0 Å². The molecule has 0 aliphatic carbocycles. The van der Waals surface area contributed by atoms with E-state index in [-0.39, 0.29) is 28.1 Å². The standard InChI is InChI=1S/C29H34N2O4S/c1-28(2,3)21-16-22(29(4,5)6)26(25(34)24(21)33)36-17-23(32)30-31-27(35)20-14-12-19(13-15-20)18-10-8-7-9-11-18/h7-16,33-34H,17H2,1-6H3,(H,30,32)(H,31,35). The van der Waals surface area contributed by atoms with E-state index >= 15 is 0 Å². The van der Waals surface area contributed by atoms with E-state index in [0.717, 1.165) is 28.5 Å². The van der Waals surface area contributed by atoms with Crippen LogP contribution in [0.4, 0.5) is 0 Å². The molecule has 190 valence electrons. The van der Waals surface area contributed by atoms with Crippen molar-refractivity contribution in [3.8, 4) is 22.6 Å². The minimum atomic E-state index is -0.437. The molecular formula is C29H34N2O4S. The molecule has 0 bridgehead atoms. The molecule has 0 radical (unpaired) electrons. The Morgan fingerprint density at radius 1 is 0.750 bits per heavy atom. The van der Waals surface area contributed by atoms with Crippen molar-refractivity contribution in [1.29, 1.82) is 0 Å². The second-order valence-electron chi connectivity index (χ2n) is 10.7. The molecule has 2 amide bonds. The summed E-state index contributed by atoms with van der Waals surface area (Å²) in [7, 11) is 0. The maximum absolute atomic E-state index is 12.5. The van der Waals surface area contributed by atoms with Crippen LogP contribution in [0.1, 0.15) is 63.0 Å². The van der Waals surface area contributed by atoms with Gasteiger partial charge in [0.05, 0.1) is 10.6 Å². The molecule has 3 rings (SSSR count). The van der Waals surface area contributed by atoms with E-state index in [1.165, 1.54) is 0 Å². The molecule has 36 heavy (non-hydrogen) atoms. The molecule has 0 aliphatic heterocycles. The number of phenolic OH excluding ortho intramolecular Hbond substituents is 2. The minimum absolute atomic E-state index is 0.0574. The van der Waals surface area contributed by atoms with Crippen LogP contribution in [0.5, 0.6) is 11.5 Å². The lowest BCUT2D eigenvalue weighted by Crippen LogP contribution is -2.42. The third-order valence-corrected chi connectivity index (χ3v) is 6.87. The number of hydrogen-bond acceptors (Lipinski definition) is 5. The predicted molar refractivity (Wildman–Crippen MR) is 145 cm³/mol. The molecule has 0 aliphatic rings. The second kappa shape index (κ2) is 10.7. The third-order valence-electron chi connectivity index (χ3n) is 5.76. The predicted octanol–water partition coefficient (Wildman–Crippen LogP) is 5.91. The zero-order chi connectivity index (χ0) is 26.7. The molecular weight excluding hydrogens is 472 g/mol. The van der Waals surface area contributed by atoms with Crippen molar-refractivity contribution in [2.45, 2.75) is 57.3 Å². The van der Waals surface area contributed by atoms with Crippen molar-refractivity contribution in [3.05, 3.63) is 77.4 Å². The van der Waals surface area contributed by atoms with Gasteiger partial charge in [-0.2, -0.15) is 0 Å². The zero-order valence-electron chi connectivity index (χ0n) is 21.6. The SMILES string of the molecule is CC(C)(C)c1cc(C(C)(C)C)c(SCC(=O)NNC(=O)c2ccc(-c3ccccc3)cc2)c(O)c1O. The van der Waals surface area contributed by atoms with Crippen LogP contribution in [0.3, 0.4) is 0 Å². The Labute approximate surface area is 217 Å². The molecule has 0 spiro atoms. The molecule has 0 aromatic heterocycles. The normalized spacial score (nSPS) is 11.7. The molecule has 4 N–H and O–H groups in total. The number of amides is 2. The van der Waals surface area contributed by atoms with Crippen LogP contribution < -0.4 is 10.9 Å². The topological polar surface area (TPSA) is 98.7 Å². The van der Waals surface area contributed by atoms with Gasteiger partial charge in [-0.15, -0.1) is 11.8 Å². The van der Waals surface area contributed by atoms with Crippen molar-refractivity contribution >= 4 is 23.6 Å². The Morgan fingerprint density at radius 2 is 1.31 bits per heavy atom. The molecule has 0 heterocycles. The third kappa shape index (κ3) is 6.40. The fraction of sp³-hybridized carbons (Fsp3) is 0.310. The van der Waals surface area contributed by atoms with Crippen LogP contribution in [0.15, 0.2) is 65.6 Å². The maximum Gasteiger partial charge on any atom is 0.269 e.